The van der Waals surface area contributed by atoms with Gasteiger partial charge in [0.15, 0.2) is 0 Å². The van der Waals surface area contributed by atoms with Gasteiger partial charge in [-0.05, 0) is 48.5 Å². The molecule has 0 fully saturated rings. The molecule has 0 aliphatic heterocycles. The van der Waals surface area contributed by atoms with Crippen molar-refractivity contribution in [3.8, 4) is 11.3 Å². The molecule has 2 aromatic carbocycles. The van der Waals surface area contributed by atoms with Crippen molar-refractivity contribution in [2.45, 2.75) is 4.90 Å². The van der Waals surface area contributed by atoms with Crippen LogP contribution in [0.3, 0.4) is 0 Å². The maximum Gasteiger partial charge on any atom is 0.371 e. The summed E-state index contributed by atoms with van der Waals surface area (Å²) in [4.78, 5) is 10.8. The van der Waals surface area contributed by atoms with E-state index in [9.17, 15) is 17.6 Å². The molecule has 0 radical (unpaired) electrons. The fraction of sp³-hybridized carbons (Fsp3) is 0. The predicted octanol–water partition coefficient (Wildman–Crippen LogP) is 3.58. The molecule has 0 atom stereocenters. The highest BCUT2D eigenvalue weighted by atomic mass is 32.2. The fourth-order valence-corrected chi connectivity index (χ4v) is 3.22. The zero-order valence-electron chi connectivity index (χ0n) is 12.6. The highest BCUT2D eigenvalue weighted by Gasteiger charge is 2.15. The number of nitrogens with one attached hydrogen (secondary N) is 1. The molecule has 0 unspecified atom stereocenters. The molecule has 0 amide bonds. The number of sulfonamides is 1. The minimum Gasteiger partial charge on any atom is -0.475 e. The minimum absolute atomic E-state index is 0.0783. The summed E-state index contributed by atoms with van der Waals surface area (Å²) in [5.41, 5.74) is 0.766. The van der Waals surface area contributed by atoms with Gasteiger partial charge >= 0.3 is 5.97 Å². The first-order chi connectivity index (χ1) is 11.8. The first kappa shape index (κ1) is 16.7. The van der Waals surface area contributed by atoms with Gasteiger partial charge in [-0.3, -0.25) is 4.72 Å². The summed E-state index contributed by atoms with van der Waals surface area (Å²) >= 11 is 0. The van der Waals surface area contributed by atoms with Crippen LogP contribution in [0.4, 0.5) is 10.1 Å². The van der Waals surface area contributed by atoms with Gasteiger partial charge in [-0.1, -0.05) is 12.1 Å². The molecular formula is C17H12FNO5S. The van der Waals surface area contributed by atoms with E-state index < -0.39 is 21.8 Å². The molecule has 6 nitrogen and oxygen atoms in total. The number of furan rings is 1. The highest BCUT2D eigenvalue weighted by Crippen LogP contribution is 2.26. The summed E-state index contributed by atoms with van der Waals surface area (Å²) in [7, 11) is -3.88. The van der Waals surface area contributed by atoms with Crippen LogP contribution < -0.4 is 4.72 Å². The lowest BCUT2D eigenvalue weighted by Crippen LogP contribution is -2.12. The van der Waals surface area contributed by atoms with Crippen LogP contribution in [0.2, 0.25) is 0 Å². The summed E-state index contributed by atoms with van der Waals surface area (Å²) in [5, 5.41) is 8.89. The van der Waals surface area contributed by atoms with Gasteiger partial charge < -0.3 is 9.52 Å². The predicted molar refractivity (Wildman–Crippen MR) is 88.3 cm³/mol. The zero-order chi connectivity index (χ0) is 18.0. The van der Waals surface area contributed by atoms with Crippen molar-refractivity contribution in [2.24, 2.45) is 0 Å². The van der Waals surface area contributed by atoms with E-state index >= 15 is 0 Å². The second-order valence-corrected chi connectivity index (χ2v) is 6.79. The van der Waals surface area contributed by atoms with Gasteiger partial charge in [0, 0.05) is 11.3 Å². The Morgan fingerprint density at radius 1 is 1.04 bits per heavy atom. The number of carboxylic acids is 1. The third-order valence-electron chi connectivity index (χ3n) is 3.34. The van der Waals surface area contributed by atoms with Gasteiger partial charge in [0.05, 0.1) is 4.90 Å². The van der Waals surface area contributed by atoms with Crippen LogP contribution >= 0.6 is 0 Å². The Labute approximate surface area is 142 Å². The first-order valence-electron chi connectivity index (χ1n) is 7.07. The summed E-state index contributed by atoms with van der Waals surface area (Å²) in [6.45, 7) is 0. The van der Waals surface area contributed by atoms with Gasteiger partial charge in [0.1, 0.15) is 11.6 Å². The molecule has 0 spiro atoms. The summed E-state index contributed by atoms with van der Waals surface area (Å²) in [6.07, 6.45) is 0. The topological polar surface area (TPSA) is 96.6 Å². The SMILES string of the molecule is O=C(O)c1ccc(-c2cccc(NS(=O)(=O)c3ccc(F)cc3)c2)o1. The first-order valence-corrected chi connectivity index (χ1v) is 8.55. The highest BCUT2D eigenvalue weighted by molar-refractivity contribution is 7.92. The Hall–Kier alpha value is -3.13. The number of halogens is 1. The normalized spacial score (nSPS) is 11.2. The van der Waals surface area contributed by atoms with Gasteiger partial charge in [0.2, 0.25) is 5.76 Å². The Morgan fingerprint density at radius 3 is 2.40 bits per heavy atom. The Bertz CT molecular complexity index is 1030. The number of rotatable bonds is 5. The molecule has 3 aromatic rings. The van der Waals surface area contributed by atoms with Crippen LogP contribution in [0, 0.1) is 5.82 Å². The summed E-state index contributed by atoms with van der Waals surface area (Å²) < 4.78 is 45.2. The molecule has 0 aliphatic carbocycles. The van der Waals surface area contributed by atoms with Crippen molar-refractivity contribution in [3.05, 3.63) is 72.2 Å². The van der Waals surface area contributed by atoms with Crippen molar-refractivity contribution in [2.75, 3.05) is 4.72 Å². The zero-order valence-corrected chi connectivity index (χ0v) is 13.5. The Morgan fingerprint density at radius 2 is 1.76 bits per heavy atom. The van der Waals surface area contributed by atoms with Crippen LogP contribution in [0.1, 0.15) is 10.6 Å². The number of anilines is 1. The van der Waals surface area contributed by atoms with Crippen molar-refractivity contribution in [3.63, 3.8) is 0 Å². The molecule has 128 valence electrons. The van der Waals surface area contributed by atoms with E-state index in [2.05, 4.69) is 4.72 Å². The molecule has 25 heavy (non-hydrogen) atoms. The van der Waals surface area contributed by atoms with E-state index in [0.29, 0.717) is 11.3 Å². The number of carboxylic acid groups (broad SMARTS) is 1. The van der Waals surface area contributed by atoms with E-state index in [0.717, 1.165) is 24.3 Å². The lowest BCUT2D eigenvalue weighted by atomic mass is 10.1. The lowest BCUT2D eigenvalue weighted by molar-refractivity contribution is 0.0663. The number of hydrogen-bond acceptors (Lipinski definition) is 4. The maximum atomic E-state index is 12.9. The quantitative estimate of drug-likeness (QED) is 0.724. The number of hydrogen-bond donors (Lipinski definition) is 2. The van der Waals surface area contributed by atoms with Crippen LogP contribution in [-0.2, 0) is 10.0 Å². The molecule has 1 aromatic heterocycles. The Kier molecular flexibility index (Phi) is 4.28. The van der Waals surface area contributed by atoms with Crippen LogP contribution in [0.25, 0.3) is 11.3 Å². The largest absolute Gasteiger partial charge is 0.475 e. The Balaban J connectivity index is 1.88. The monoisotopic (exact) mass is 361 g/mol. The third-order valence-corrected chi connectivity index (χ3v) is 4.74. The third kappa shape index (κ3) is 3.69. The smallest absolute Gasteiger partial charge is 0.371 e. The van der Waals surface area contributed by atoms with E-state index in [1.807, 2.05) is 0 Å². The van der Waals surface area contributed by atoms with Gasteiger partial charge in [-0.2, -0.15) is 0 Å². The summed E-state index contributed by atoms with van der Waals surface area (Å²) in [6, 6.07) is 13.5. The van der Waals surface area contributed by atoms with Crippen molar-refractivity contribution in [1.82, 2.24) is 0 Å². The molecule has 0 aliphatic rings. The standard InChI is InChI=1S/C17H12FNO5S/c18-12-4-6-14(7-5-12)25(22,23)19-13-3-1-2-11(10-13)15-8-9-16(24-15)17(20)21/h1-10,19H,(H,20,21). The van der Waals surface area contributed by atoms with E-state index in [1.165, 1.54) is 24.3 Å². The minimum atomic E-state index is -3.88. The number of carbonyl (C=O) groups is 1. The average molecular weight is 361 g/mol. The number of aromatic carboxylic acids is 1. The van der Waals surface area contributed by atoms with Crippen molar-refractivity contribution in [1.29, 1.82) is 0 Å². The van der Waals surface area contributed by atoms with E-state index in [-0.39, 0.29) is 16.3 Å². The molecule has 3 rings (SSSR count). The molecule has 1 heterocycles. The molecule has 0 saturated carbocycles. The van der Waals surface area contributed by atoms with Gasteiger partial charge in [-0.25, -0.2) is 17.6 Å². The summed E-state index contributed by atoms with van der Waals surface area (Å²) in [5.74, 6) is -1.65. The second-order valence-electron chi connectivity index (χ2n) is 5.11. The average Bonchev–Trinajstić information content (AvgIpc) is 3.05. The van der Waals surface area contributed by atoms with Gasteiger partial charge in [0.25, 0.3) is 10.0 Å². The molecular weight excluding hydrogens is 349 g/mol. The number of benzene rings is 2. The molecule has 0 saturated heterocycles. The van der Waals surface area contributed by atoms with E-state index in [1.54, 1.807) is 12.1 Å². The molecule has 0 bridgehead atoms. The van der Waals surface area contributed by atoms with E-state index in [4.69, 9.17) is 9.52 Å². The van der Waals surface area contributed by atoms with Crippen molar-refractivity contribution < 1.29 is 27.1 Å². The second kappa shape index (κ2) is 6.40. The fourth-order valence-electron chi connectivity index (χ4n) is 2.17. The lowest BCUT2D eigenvalue weighted by Gasteiger charge is -2.09. The van der Waals surface area contributed by atoms with Gasteiger partial charge in [-0.15, -0.1) is 0 Å². The van der Waals surface area contributed by atoms with Crippen molar-refractivity contribution >= 4 is 21.7 Å². The molecule has 2 N–H and O–H groups in total. The van der Waals surface area contributed by atoms with Crippen LogP contribution in [0.5, 0.6) is 0 Å². The van der Waals surface area contributed by atoms with Crippen LogP contribution in [0.15, 0.2) is 70.0 Å². The maximum absolute atomic E-state index is 12.9. The van der Waals surface area contributed by atoms with Crippen LogP contribution in [-0.4, -0.2) is 19.5 Å². The molecule has 8 heteroatoms.